The van der Waals surface area contributed by atoms with Gasteiger partial charge in [0.25, 0.3) is 0 Å². The molecule has 0 saturated carbocycles. The van der Waals surface area contributed by atoms with Gasteiger partial charge in [-0.1, -0.05) is 52.0 Å². The Labute approximate surface area is 88.5 Å². The first-order chi connectivity index (χ1) is 6.46. The van der Waals surface area contributed by atoms with Crippen LogP contribution in [-0.4, -0.2) is 13.8 Å². The Morgan fingerprint density at radius 2 is 1.79 bits per heavy atom. The van der Waals surface area contributed by atoms with E-state index in [1.807, 2.05) is 12.1 Å². The quantitative estimate of drug-likeness (QED) is 0.737. The third kappa shape index (κ3) is 2.46. The first-order valence-corrected chi connectivity index (χ1v) is 6.56. The second-order valence-corrected chi connectivity index (χ2v) is 7.35. The summed E-state index contributed by atoms with van der Waals surface area (Å²) in [4.78, 5) is 10.3. The Balaban J connectivity index is 3.06. The molecule has 0 aromatic heterocycles. The van der Waals surface area contributed by atoms with Gasteiger partial charge in [-0.3, -0.25) is 0 Å². The minimum absolute atomic E-state index is 0.00986. The van der Waals surface area contributed by atoms with Crippen molar-refractivity contribution in [3.8, 4) is 0 Å². The van der Waals surface area contributed by atoms with E-state index in [-0.39, 0.29) is 5.04 Å². The fourth-order valence-electron chi connectivity index (χ4n) is 1.46. The molecule has 0 atom stereocenters. The van der Waals surface area contributed by atoms with Crippen LogP contribution in [0.5, 0.6) is 0 Å². The molecule has 1 radical (unpaired) electrons. The van der Waals surface area contributed by atoms with Crippen molar-refractivity contribution in [3.63, 3.8) is 0 Å². The molecule has 0 amide bonds. The summed E-state index contributed by atoms with van der Waals surface area (Å²) in [6.07, 6.45) is 1.00. The number of hydrogen-bond donors (Lipinski definition) is 1. The molecule has 0 spiro atoms. The van der Waals surface area contributed by atoms with Gasteiger partial charge in [0.15, 0.2) is 0 Å². The molecule has 1 rings (SSSR count). The van der Waals surface area contributed by atoms with E-state index in [0.29, 0.717) is 0 Å². The first kappa shape index (κ1) is 11.5. The van der Waals surface area contributed by atoms with E-state index in [2.05, 4.69) is 39.8 Å². The lowest BCUT2D eigenvalue weighted by atomic mass is 10.2. The Bertz CT molecular complexity index is 301. The highest BCUT2D eigenvalue weighted by molar-refractivity contribution is 6.69. The average molecular weight is 207 g/mol. The molecule has 0 saturated heterocycles. The van der Waals surface area contributed by atoms with Crippen molar-refractivity contribution in [2.45, 2.75) is 39.2 Å². The highest BCUT2D eigenvalue weighted by atomic mass is 28.3. The summed E-state index contributed by atoms with van der Waals surface area (Å²) in [7, 11) is -1.42. The summed E-state index contributed by atoms with van der Waals surface area (Å²) in [5.41, 5.74) is 1.29. The zero-order valence-corrected chi connectivity index (χ0v) is 10.5. The summed E-state index contributed by atoms with van der Waals surface area (Å²) >= 11 is 0. The monoisotopic (exact) mass is 207 g/mol. The third-order valence-electron chi connectivity index (χ3n) is 2.36. The van der Waals surface area contributed by atoms with Crippen LogP contribution in [0.2, 0.25) is 5.04 Å². The van der Waals surface area contributed by atoms with Crippen LogP contribution in [0.3, 0.4) is 0 Å². The van der Waals surface area contributed by atoms with Crippen LogP contribution in [-0.2, 0) is 6.42 Å². The van der Waals surface area contributed by atoms with E-state index in [4.69, 9.17) is 0 Å². The zero-order valence-electron chi connectivity index (χ0n) is 9.46. The van der Waals surface area contributed by atoms with Crippen molar-refractivity contribution in [1.82, 2.24) is 0 Å². The normalized spacial score (nSPS) is 12.1. The van der Waals surface area contributed by atoms with E-state index in [0.717, 1.165) is 6.42 Å². The van der Waals surface area contributed by atoms with Crippen molar-refractivity contribution in [1.29, 1.82) is 0 Å². The molecule has 1 aromatic carbocycles. The van der Waals surface area contributed by atoms with E-state index in [1.165, 1.54) is 10.8 Å². The summed E-state index contributed by atoms with van der Waals surface area (Å²) in [5, 5.41) is 1.18. The summed E-state index contributed by atoms with van der Waals surface area (Å²) < 4.78 is 0. The highest BCUT2D eigenvalue weighted by Crippen LogP contribution is 2.25. The molecule has 1 nitrogen and oxygen atoms in total. The van der Waals surface area contributed by atoms with Gasteiger partial charge in [0.05, 0.1) is 0 Å². The maximum Gasteiger partial charge on any atom is 0.249 e. The number of benzene rings is 1. The molecule has 1 N–H and O–H groups in total. The zero-order chi connectivity index (χ0) is 10.8. The number of aryl methyl sites for hydroxylation is 1. The SMILES string of the molecule is CCc1ccccc1[Si](O)C(C)(C)C. The second-order valence-electron chi connectivity index (χ2n) is 4.61. The van der Waals surface area contributed by atoms with Crippen molar-refractivity contribution in [3.05, 3.63) is 29.8 Å². The summed E-state index contributed by atoms with van der Waals surface area (Å²) in [6, 6.07) is 8.24. The van der Waals surface area contributed by atoms with Crippen molar-refractivity contribution < 1.29 is 4.80 Å². The predicted molar refractivity (Wildman–Crippen MR) is 63.1 cm³/mol. The van der Waals surface area contributed by atoms with E-state index in [1.54, 1.807) is 0 Å². The van der Waals surface area contributed by atoms with Gasteiger partial charge >= 0.3 is 0 Å². The number of hydrogen-bond acceptors (Lipinski definition) is 1. The van der Waals surface area contributed by atoms with Crippen LogP contribution in [0.1, 0.15) is 33.3 Å². The number of rotatable bonds is 2. The Morgan fingerprint density at radius 3 is 2.29 bits per heavy atom. The van der Waals surface area contributed by atoms with Gasteiger partial charge in [0, 0.05) is 0 Å². The van der Waals surface area contributed by atoms with E-state index < -0.39 is 9.04 Å². The lowest BCUT2D eigenvalue weighted by molar-refractivity contribution is 0.526. The lowest BCUT2D eigenvalue weighted by Gasteiger charge is -2.24. The van der Waals surface area contributed by atoms with E-state index in [9.17, 15) is 4.80 Å². The van der Waals surface area contributed by atoms with Gasteiger partial charge in [0.2, 0.25) is 9.04 Å². The van der Waals surface area contributed by atoms with Crippen molar-refractivity contribution in [2.75, 3.05) is 0 Å². The van der Waals surface area contributed by atoms with Crippen LogP contribution in [0.25, 0.3) is 0 Å². The van der Waals surface area contributed by atoms with Gasteiger partial charge in [-0.25, -0.2) is 0 Å². The lowest BCUT2D eigenvalue weighted by Crippen LogP contribution is -2.40. The average Bonchev–Trinajstić information content (AvgIpc) is 2.15. The fourth-order valence-corrected chi connectivity index (χ4v) is 3.09. The van der Waals surface area contributed by atoms with Crippen LogP contribution in [0.4, 0.5) is 0 Å². The van der Waals surface area contributed by atoms with Crippen LogP contribution in [0.15, 0.2) is 24.3 Å². The molecule has 0 bridgehead atoms. The first-order valence-electron chi connectivity index (χ1n) is 5.11. The molecule has 0 unspecified atom stereocenters. The summed E-state index contributed by atoms with van der Waals surface area (Å²) in [5.74, 6) is 0. The Morgan fingerprint density at radius 1 is 1.21 bits per heavy atom. The molecular formula is C12H19OSi. The predicted octanol–water partition coefficient (Wildman–Crippen LogP) is 2.24. The second kappa shape index (κ2) is 4.28. The topological polar surface area (TPSA) is 20.2 Å². The van der Waals surface area contributed by atoms with Gasteiger partial charge in [-0.15, -0.1) is 0 Å². The molecule has 0 aliphatic carbocycles. The van der Waals surface area contributed by atoms with Gasteiger partial charge in [-0.2, -0.15) is 0 Å². The molecule has 2 heteroatoms. The third-order valence-corrected chi connectivity index (χ3v) is 4.78. The van der Waals surface area contributed by atoms with Crippen molar-refractivity contribution in [2.24, 2.45) is 0 Å². The molecule has 0 fully saturated rings. The van der Waals surface area contributed by atoms with Crippen LogP contribution >= 0.6 is 0 Å². The molecule has 1 aromatic rings. The Kier molecular flexibility index (Phi) is 3.51. The van der Waals surface area contributed by atoms with Gasteiger partial charge in [-0.05, 0) is 22.2 Å². The smallest absolute Gasteiger partial charge is 0.249 e. The molecule has 77 valence electrons. The maximum absolute atomic E-state index is 10.3. The molecular weight excluding hydrogens is 188 g/mol. The van der Waals surface area contributed by atoms with Gasteiger partial charge < -0.3 is 4.80 Å². The van der Waals surface area contributed by atoms with Crippen LogP contribution in [0, 0.1) is 0 Å². The maximum atomic E-state index is 10.3. The molecule has 0 aliphatic rings. The summed E-state index contributed by atoms with van der Waals surface area (Å²) in [6.45, 7) is 8.45. The Hall–Kier alpha value is -0.603. The highest BCUT2D eigenvalue weighted by Gasteiger charge is 2.28. The molecule has 0 aliphatic heterocycles. The standard InChI is InChI=1S/C12H19OSi/c1-5-10-8-6-7-9-11(10)14(13)12(2,3)4/h6-9,13H,5H2,1-4H3. The largest absolute Gasteiger partial charge is 0.427 e. The minimum atomic E-state index is -1.42. The molecule has 14 heavy (non-hydrogen) atoms. The van der Waals surface area contributed by atoms with E-state index >= 15 is 0 Å². The van der Waals surface area contributed by atoms with Crippen molar-refractivity contribution >= 4 is 14.2 Å². The van der Waals surface area contributed by atoms with Crippen LogP contribution < -0.4 is 5.19 Å². The fraction of sp³-hybridized carbons (Fsp3) is 0.500. The molecule has 0 heterocycles. The minimum Gasteiger partial charge on any atom is -0.427 e. The van der Waals surface area contributed by atoms with Gasteiger partial charge in [0.1, 0.15) is 0 Å².